The lowest BCUT2D eigenvalue weighted by atomic mass is 10.1. The van der Waals surface area contributed by atoms with Gasteiger partial charge in [0.25, 0.3) is 0 Å². The topological polar surface area (TPSA) is 71.1 Å². The van der Waals surface area contributed by atoms with Crippen molar-refractivity contribution in [2.24, 2.45) is 0 Å². The molecule has 1 unspecified atom stereocenters. The lowest BCUT2D eigenvalue weighted by molar-refractivity contribution is -0.120. The summed E-state index contributed by atoms with van der Waals surface area (Å²) in [5.41, 5.74) is 1.84. The molecule has 0 aliphatic heterocycles. The number of nitrogens with zero attached hydrogens (tertiary/aromatic N) is 1. The number of benzene rings is 1. The van der Waals surface area contributed by atoms with Gasteiger partial charge in [0.15, 0.2) is 5.13 Å². The van der Waals surface area contributed by atoms with Crippen molar-refractivity contribution in [1.82, 2.24) is 10.3 Å². The summed E-state index contributed by atoms with van der Waals surface area (Å²) in [4.78, 5) is 29.2. The zero-order valence-electron chi connectivity index (χ0n) is 13.6. The zero-order chi connectivity index (χ0) is 17.6. The van der Waals surface area contributed by atoms with Crippen LogP contribution in [0.15, 0.2) is 53.2 Å². The number of hydrogen-bond acceptors (Lipinski definition) is 5. The number of nitrogens with one attached hydrogen (secondary N) is 2. The van der Waals surface area contributed by atoms with Crippen molar-refractivity contribution in [3.8, 4) is 11.3 Å². The second-order valence-electron chi connectivity index (χ2n) is 5.42. The summed E-state index contributed by atoms with van der Waals surface area (Å²) < 4.78 is 0. The zero-order valence-corrected chi connectivity index (χ0v) is 15.2. The van der Waals surface area contributed by atoms with E-state index in [-0.39, 0.29) is 24.3 Å². The second-order valence-corrected chi connectivity index (χ2v) is 7.26. The fourth-order valence-corrected chi connectivity index (χ4v) is 3.90. The van der Waals surface area contributed by atoms with Gasteiger partial charge in [0.1, 0.15) is 0 Å². The normalized spacial score (nSPS) is 11.7. The Labute approximate surface area is 153 Å². The maximum absolute atomic E-state index is 12.4. The quantitative estimate of drug-likeness (QED) is 0.686. The number of aromatic nitrogens is 1. The number of carbonyl (C=O) groups is 2. The predicted molar refractivity (Wildman–Crippen MR) is 102 cm³/mol. The van der Waals surface area contributed by atoms with Gasteiger partial charge < -0.3 is 10.6 Å². The van der Waals surface area contributed by atoms with Gasteiger partial charge in [0, 0.05) is 22.7 Å². The third-order valence-electron chi connectivity index (χ3n) is 3.47. The molecule has 0 saturated heterocycles. The molecule has 0 aliphatic rings. The van der Waals surface area contributed by atoms with Crippen LogP contribution in [0.1, 0.15) is 24.3 Å². The number of thiazole rings is 1. The van der Waals surface area contributed by atoms with E-state index in [2.05, 4.69) is 15.6 Å². The first-order chi connectivity index (χ1) is 12.1. The molecule has 0 radical (unpaired) electrons. The monoisotopic (exact) mass is 371 g/mol. The Hall–Kier alpha value is -2.51. The largest absolute Gasteiger partial charge is 0.348 e. The molecule has 3 aromatic rings. The van der Waals surface area contributed by atoms with E-state index in [4.69, 9.17) is 0 Å². The summed E-state index contributed by atoms with van der Waals surface area (Å²) >= 11 is 2.90. The fourth-order valence-electron chi connectivity index (χ4n) is 2.39. The molecule has 0 aliphatic carbocycles. The van der Waals surface area contributed by atoms with Crippen LogP contribution >= 0.6 is 22.7 Å². The van der Waals surface area contributed by atoms with Crippen LogP contribution in [0.25, 0.3) is 11.3 Å². The van der Waals surface area contributed by atoms with E-state index in [0.717, 1.165) is 16.1 Å². The molecule has 5 nitrogen and oxygen atoms in total. The number of hydrogen-bond donors (Lipinski definition) is 2. The van der Waals surface area contributed by atoms with Crippen molar-refractivity contribution in [3.63, 3.8) is 0 Å². The maximum atomic E-state index is 12.4. The summed E-state index contributed by atoms with van der Waals surface area (Å²) in [6.45, 7) is 1.45. The minimum atomic E-state index is -0.328. The van der Waals surface area contributed by atoms with Crippen LogP contribution < -0.4 is 10.6 Å². The van der Waals surface area contributed by atoms with Crippen molar-refractivity contribution in [2.75, 3.05) is 5.32 Å². The van der Waals surface area contributed by atoms with Crippen molar-refractivity contribution >= 4 is 39.6 Å². The molecule has 2 aromatic heterocycles. The smallest absolute Gasteiger partial charge is 0.228 e. The number of rotatable bonds is 6. The molecule has 25 heavy (non-hydrogen) atoms. The van der Waals surface area contributed by atoms with E-state index < -0.39 is 0 Å². The lowest BCUT2D eigenvalue weighted by Crippen LogP contribution is -2.29. The first kappa shape index (κ1) is 17.3. The van der Waals surface area contributed by atoms with Gasteiger partial charge in [-0.1, -0.05) is 36.4 Å². The third kappa shape index (κ3) is 4.74. The third-order valence-corrected chi connectivity index (χ3v) is 5.22. The predicted octanol–water partition coefficient (Wildman–Crippen LogP) is 4.08. The molecule has 3 rings (SSSR count). The molecule has 1 atom stereocenters. The SMILES string of the molecule is CC(=O)NC(CC(=O)Nc1nc(-c2ccccc2)cs1)c1cccs1. The van der Waals surface area contributed by atoms with Gasteiger partial charge in [-0.3, -0.25) is 9.59 Å². The molecule has 128 valence electrons. The average molecular weight is 371 g/mol. The van der Waals surface area contributed by atoms with Gasteiger partial charge in [-0.15, -0.1) is 22.7 Å². The first-order valence-corrected chi connectivity index (χ1v) is 9.49. The number of amides is 2. The molecule has 0 fully saturated rings. The molecule has 1 aromatic carbocycles. The Morgan fingerprint density at radius 1 is 1.12 bits per heavy atom. The Kier molecular flexibility index (Phi) is 5.57. The molecule has 2 heterocycles. The van der Waals surface area contributed by atoms with Crippen molar-refractivity contribution in [2.45, 2.75) is 19.4 Å². The Morgan fingerprint density at radius 2 is 1.92 bits per heavy atom. The lowest BCUT2D eigenvalue weighted by Gasteiger charge is -2.15. The minimum Gasteiger partial charge on any atom is -0.348 e. The van der Waals surface area contributed by atoms with Crippen LogP contribution in [0.5, 0.6) is 0 Å². The highest BCUT2D eigenvalue weighted by atomic mass is 32.1. The van der Waals surface area contributed by atoms with Crippen LogP contribution in [0, 0.1) is 0 Å². The van der Waals surface area contributed by atoms with E-state index in [1.54, 1.807) is 0 Å². The molecule has 2 N–H and O–H groups in total. The van der Waals surface area contributed by atoms with Crippen LogP contribution in [0.4, 0.5) is 5.13 Å². The van der Waals surface area contributed by atoms with Crippen LogP contribution in [0.3, 0.4) is 0 Å². The van der Waals surface area contributed by atoms with Gasteiger partial charge in [-0.2, -0.15) is 0 Å². The second kappa shape index (κ2) is 8.04. The first-order valence-electron chi connectivity index (χ1n) is 7.73. The highest BCUT2D eigenvalue weighted by Gasteiger charge is 2.19. The molecular formula is C18H17N3O2S2. The Bertz CT molecular complexity index is 844. The van der Waals surface area contributed by atoms with Gasteiger partial charge in [0.2, 0.25) is 11.8 Å². The van der Waals surface area contributed by atoms with E-state index in [1.165, 1.54) is 29.6 Å². The standard InChI is InChI=1S/C18H17N3O2S2/c1-12(22)19-14(16-8-5-9-24-16)10-17(23)21-18-20-15(11-25-18)13-6-3-2-4-7-13/h2-9,11,14H,10H2,1H3,(H,19,22)(H,20,21,23). The summed E-state index contributed by atoms with van der Waals surface area (Å²) in [6.07, 6.45) is 0.167. The van der Waals surface area contributed by atoms with E-state index >= 15 is 0 Å². The minimum absolute atomic E-state index is 0.160. The molecule has 0 saturated carbocycles. The van der Waals surface area contributed by atoms with Crippen LogP contribution in [-0.4, -0.2) is 16.8 Å². The van der Waals surface area contributed by atoms with Gasteiger partial charge in [-0.25, -0.2) is 4.98 Å². The van der Waals surface area contributed by atoms with Gasteiger partial charge in [-0.05, 0) is 11.4 Å². The molecular weight excluding hydrogens is 354 g/mol. The number of thiophene rings is 1. The summed E-state index contributed by atoms with van der Waals surface area (Å²) in [5, 5.41) is 10.0. The highest BCUT2D eigenvalue weighted by Crippen LogP contribution is 2.26. The fraction of sp³-hybridized carbons (Fsp3) is 0.167. The summed E-state index contributed by atoms with van der Waals surface area (Å²) in [6, 6.07) is 13.3. The van der Waals surface area contributed by atoms with E-state index in [0.29, 0.717) is 5.13 Å². The Morgan fingerprint density at radius 3 is 2.60 bits per heavy atom. The highest BCUT2D eigenvalue weighted by molar-refractivity contribution is 7.14. The number of carbonyl (C=O) groups excluding carboxylic acids is 2. The molecule has 7 heteroatoms. The van der Waals surface area contributed by atoms with Crippen LogP contribution in [-0.2, 0) is 9.59 Å². The van der Waals surface area contributed by atoms with Gasteiger partial charge in [0.05, 0.1) is 18.2 Å². The van der Waals surface area contributed by atoms with E-state index in [1.807, 2.05) is 53.2 Å². The van der Waals surface area contributed by atoms with Gasteiger partial charge >= 0.3 is 0 Å². The molecule has 0 spiro atoms. The van der Waals surface area contributed by atoms with Crippen LogP contribution in [0.2, 0.25) is 0 Å². The van der Waals surface area contributed by atoms with E-state index in [9.17, 15) is 9.59 Å². The average Bonchev–Trinajstić information content (AvgIpc) is 3.26. The summed E-state index contributed by atoms with van der Waals surface area (Å²) in [5.74, 6) is -0.340. The maximum Gasteiger partial charge on any atom is 0.228 e. The molecule has 2 amide bonds. The van der Waals surface area contributed by atoms with Crippen molar-refractivity contribution < 1.29 is 9.59 Å². The molecule has 0 bridgehead atoms. The van der Waals surface area contributed by atoms with Crippen molar-refractivity contribution in [1.29, 1.82) is 0 Å². The number of anilines is 1. The summed E-state index contributed by atoms with van der Waals surface area (Å²) in [7, 11) is 0. The van der Waals surface area contributed by atoms with Crippen molar-refractivity contribution in [3.05, 3.63) is 58.1 Å². The Balaban J connectivity index is 1.65.